The monoisotopic (exact) mass is 348 g/mol. The van der Waals surface area contributed by atoms with E-state index in [4.69, 9.17) is 4.74 Å². The van der Waals surface area contributed by atoms with E-state index < -0.39 is 5.82 Å². The van der Waals surface area contributed by atoms with Gasteiger partial charge in [0.05, 0.1) is 13.0 Å². The van der Waals surface area contributed by atoms with Gasteiger partial charge in [0.25, 0.3) is 0 Å². The fraction of sp³-hybridized carbons (Fsp3) is 0.579. The van der Waals surface area contributed by atoms with Crippen molar-refractivity contribution < 1.29 is 18.7 Å². The largest absolute Gasteiger partial charge is 0.494 e. The number of halogens is 1. The van der Waals surface area contributed by atoms with Crippen molar-refractivity contribution in [3.8, 4) is 5.75 Å². The topological polar surface area (TPSA) is 49.9 Å². The van der Waals surface area contributed by atoms with Crippen molar-refractivity contribution in [1.82, 2.24) is 4.90 Å². The first-order valence-electron chi connectivity index (χ1n) is 8.85. The minimum atomic E-state index is -0.503. The minimum Gasteiger partial charge on any atom is -0.494 e. The van der Waals surface area contributed by atoms with E-state index in [-0.39, 0.29) is 35.9 Å². The molecule has 136 valence electrons. The second kappa shape index (κ2) is 7.02. The molecular weight excluding hydrogens is 323 g/mol. The molecule has 1 aliphatic heterocycles. The highest BCUT2D eigenvalue weighted by atomic mass is 19.1. The molecule has 1 saturated carbocycles. The van der Waals surface area contributed by atoms with Crippen LogP contribution in [0.4, 0.5) is 10.1 Å². The van der Waals surface area contributed by atoms with Gasteiger partial charge in [-0.3, -0.25) is 9.59 Å². The molecule has 25 heavy (non-hydrogen) atoms. The Morgan fingerprint density at radius 2 is 2.12 bits per heavy atom. The summed E-state index contributed by atoms with van der Waals surface area (Å²) in [5.41, 5.74) is 0.492. The molecule has 5 nitrogen and oxygen atoms in total. The molecule has 1 saturated heterocycles. The second-order valence-electron chi connectivity index (χ2n) is 7.26. The quantitative estimate of drug-likeness (QED) is 0.794. The molecule has 1 heterocycles. The van der Waals surface area contributed by atoms with Gasteiger partial charge in [-0.15, -0.1) is 0 Å². The number of ether oxygens (including phenoxy) is 1. The summed E-state index contributed by atoms with van der Waals surface area (Å²) in [4.78, 5) is 28.6. The van der Waals surface area contributed by atoms with Gasteiger partial charge in [-0.05, 0) is 44.7 Å². The molecule has 1 aromatic carbocycles. The van der Waals surface area contributed by atoms with E-state index in [1.54, 1.807) is 11.0 Å². The number of rotatable bonds is 6. The number of nitrogens with zero attached hydrogens (tertiary/aromatic N) is 2. The van der Waals surface area contributed by atoms with Crippen molar-refractivity contribution in [2.45, 2.75) is 39.2 Å². The molecule has 2 fully saturated rings. The lowest BCUT2D eigenvalue weighted by atomic mass is 10.1. The van der Waals surface area contributed by atoms with Gasteiger partial charge in [0, 0.05) is 37.3 Å². The lowest BCUT2D eigenvalue weighted by Crippen LogP contribution is -2.42. The Morgan fingerprint density at radius 1 is 1.40 bits per heavy atom. The number of carbonyl (C=O) groups is 2. The number of likely N-dealkylation sites (tertiary alicyclic amines) is 1. The first-order valence-corrected chi connectivity index (χ1v) is 8.85. The Morgan fingerprint density at radius 3 is 2.68 bits per heavy atom. The van der Waals surface area contributed by atoms with Gasteiger partial charge in [0.2, 0.25) is 11.8 Å². The second-order valence-corrected chi connectivity index (χ2v) is 7.26. The summed E-state index contributed by atoms with van der Waals surface area (Å²) in [6, 6.07) is 4.38. The van der Waals surface area contributed by atoms with E-state index in [0.717, 1.165) is 6.54 Å². The lowest BCUT2D eigenvalue weighted by molar-refractivity contribution is -0.128. The predicted molar refractivity (Wildman–Crippen MR) is 93.0 cm³/mol. The van der Waals surface area contributed by atoms with Crippen LogP contribution in [0.3, 0.4) is 0 Å². The van der Waals surface area contributed by atoms with Gasteiger partial charge >= 0.3 is 0 Å². The number of hydrogen-bond donors (Lipinski definition) is 0. The minimum absolute atomic E-state index is 0.0508. The highest BCUT2D eigenvalue weighted by Gasteiger charge is 2.39. The molecule has 1 aromatic rings. The standard InChI is InChI=1S/C19H25FN2O3/c1-12(2)22(15-6-7-17(25-3)16(20)9-15)19(24)14-8-18(23)21(11-14)10-13-4-5-13/h6-7,9,12-14H,4-5,8,10-11H2,1-3H3/t14-/m0/s1. The van der Waals surface area contributed by atoms with Crippen LogP contribution in [0.1, 0.15) is 33.1 Å². The highest BCUT2D eigenvalue weighted by Crippen LogP contribution is 2.33. The third-order valence-corrected chi connectivity index (χ3v) is 4.91. The van der Waals surface area contributed by atoms with Gasteiger partial charge in [-0.1, -0.05) is 0 Å². The van der Waals surface area contributed by atoms with Gasteiger partial charge in [-0.25, -0.2) is 4.39 Å². The summed E-state index contributed by atoms with van der Waals surface area (Å²) in [7, 11) is 1.40. The van der Waals surface area contributed by atoms with Crippen molar-refractivity contribution in [1.29, 1.82) is 0 Å². The van der Waals surface area contributed by atoms with Crippen LogP contribution >= 0.6 is 0 Å². The fourth-order valence-electron chi connectivity index (χ4n) is 3.41. The van der Waals surface area contributed by atoms with Crippen molar-refractivity contribution in [3.63, 3.8) is 0 Å². The molecule has 6 heteroatoms. The number of carbonyl (C=O) groups excluding carboxylic acids is 2. The Labute approximate surface area is 147 Å². The SMILES string of the molecule is COc1ccc(N(C(=O)[C@H]2CC(=O)N(CC3CC3)C2)C(C)C)cc1F. The van der Waals surface area contributed by atoms with Crippen LogP contribution in [0.15, 0.2) is 18.2 Å². The maximum atomic E-state index is 14.1. The van der Waals surface area contributed by atoms with Crippen molar-refractivity contribution in [2.75, 3.05) is 25.1 Å². The first kappa shape index (κ1) is 17.7. The van der Waals surface area contributed by atoms with E-state index in [9.17, 15) is 14.0 Å². The highest BCUT2D eigenvalue weighted by molar-refractivity contribution is 5.99. The summed E-state index contributed by atoms with van der Waals surface area (Å²) in [5, 5.41) is 0. The number of anilines is 1. The molecule has 2 aliphatic rings. The van der Waals surface area contributed by atoms with Crippen LogP contribution in [0.25, 0.3) is 0 Å². The molecule has 0 bridgehead atoms. The number of amides is 2. The molecule has 0 radical (unpaired) electrons. The zero-order valence-electron chi connectivity index (χ0n) is 15.0. The first-order chi connectivity index (χ1) is 11.9. The summed E-state index contributed by atoms with van der Waals surface area (Å²) >= 11 is 0. The summed E-state index contributed by atoms with van der Waals surface area (Å²) < 4.78 is 19.0. The maximum absolute atomic E-state index is 14.1. The van der Waals surface area contributed by atoms with E-state index in [1.807, 2.05) is 18.7 Å². The molecule has 1 atom stereocenters. The number of benzene rings is 1. The molecule has 0 spiro atoms. The molecule has 2 amide bonds. The number of methoxy groups -OCH3 is 1. The van der Waals surface area contributed by atoms with Gasteiger partial charge < -0.3 is 14.5 Å². The summed E-state index contributed by atoms with van der Waals surface area (Å²) in [6.45, 7) is 5.01. The Balaban J connectivity index is 1.77. The predicted octanol–water partition coefficient (Wildman–Crippen LogP) is 2.83. The van der Waals surface area contributed by atoms with Crippen molar-refractivity contribution in [2.24, 2.45) is 11.8 Å². The van der Waals surface area contributed by atoms with Crippen LogP contribution < -0.4 is 9.64 Å². The Hall–Kier alpha value is -2.11. The summed E-state index contributed by atoms with van der Waals surface area (Å²) in [6.07, 6.45) is 2.59. The molecule has 0 N–H and O–H groups in total. The molecule has 1 aliphatic carbocycles. The average Bonchev–Trinajstić information content (AvgIpc) is 3.30. The van der Waals surface area contributed by atoms with E-state index in [1.165, 1.54) is 32.1 Å². The summed E-state index contributed by atoms with van der Waals surface area (Å²) in [5.74, 6) is -0.183. The molecule has 3 rings (SSSR count). The molecular formula is C19H25FN2O3. The van der Waals surface area contributed by atoms with Gasteiger partial charge in [0.15, 0.2) is 11.6 Å². The third-order valence-electron chi connectivity index (χ3n) is 4.91. The lowest BCUT2D eigenvalue weighted by Gasteiger charge is -2.29. The van der Waals surface area contributed by atoms with Gasteiger partial charge in [0.1, 0.15) is 0 Å². The zero-order chi connectivity index (χ0) is 18.1. The third kappa shape index (κ3) is 3.78. The molecule has 0 aromatic heterocycles. The van der Waals surface area contributed by atoms with Crippen molar-refractivity contribution in [3.05, 3.63) is 24.0 Å². The number of hydrogen-bond acceptors (Lipinski definition) is 3. The van der Waals surface area contributed by atoms with Crippen LogP contribution in [0.2, 0.25) is 0 Å². The van der Waals surface area contributed by atoms with Crippen LogP contribution in [-0.4, -0.2) is 43.0 Å². The molecule has 0 unspecified atom stereocenters. The average molecular weight is 348 g/mol. The van der Waals surface area contributed by atoms with E-state index in [0.29, 0.717) is 18.2 Å². The van der Waals surface area contributed by atoms with Gasteiger partial charge in [-0.2, -0.15) is 0 Å². The van der Waals surface area contributed by atoms with Crippen LogP contribution in [0.5, 0.6) is 5.75 Å². The normalized spacial score (nSPS) is 20.3. The maximum Gasteiger partial charge on any atom is 0.232 e. The Kier molecular flexibility index (Phi) is 4.97. The smallest absolute Gasteiger partial charge is 0.232 e. The zero-order valence-corrected chi connectivity index (χ0v) is 15.0. The van der Waals surface area contributed by atoms with Crippen LogP contribution in [0, 0.1) is 17.7 Å². The fourth-order valence-corrected chi connectivity index (χ4v) is 3.41. The van der Waals surface area contributed by atoms with E-state index >= 15 is 0 Å². The Bertz CT molecular complexity index is 673. The van der Waals surface area contributed by atoms with E-state index in [2.05, 4.69) is 0 Å². The van der Waals surface area contributed by atoms with Crippen LogP contribution in [-0.2, 0) is 9.59 Å². The van der Waals surface area contributed by atoms with Crippen molar-refractivity contribution >= 4 is 17.5 Å².